The van der Waals surface area contributed by atoms with E-state index in [0.717, 1.165) is 25.0 Å². The number of hydrogen-bond acceptors (Lipinski definition) is 3. The molecule has 5 heteroatoms. The number of benzene rings is 2. The second kappa shape index (κ2) is 7.12. The van der Waals surface area contributed by atoms with E-state index in [0.29, 0.717) is 6.61 Å². The summed E-state index contributed by atoms with van der Waals surface area (Å²) in [6.45, 7) is 0.375. The van der Waals surface area contributed by atoms with E-state index < -0.39 is 0 Å². The van der Waals surface area contributed by atoms with Crippen LogP contribution < -0.4 is 0 Å². The predicted molar refractivity (Wildman–Crippen MR) is 120 cm³/mol. The highest BCUT2D eigenvalue weighted by atomic mass is 16.6. The summed E-state index contributed by atoms with van der Waals surface area (Å²) in [4.78, 5) is 15.1. The number of fused-ring (bicyclic) bond motifs is 5. The molecule has 6 rings (SSSR count). The normalized spacial score (nSPS) is 21.6. The average molecular weight is 412 g/mol. The number of aromatic nitrogens is 2. The maximum absolute atomic E-state index is 13.1. The molecule has 0 spiro atoms. The van der Waals surface area contributed by atoms with E-state index in [-0.39, 0.29) is 24.1 Å². The molecule has 0 saturated carbocycles. The van der Waals surface area contributed by atoms with Crippen molar-refractivity contribution in [2.45, 2.75) is 37.3 Å². The van der Waals surface area contributed by atoms with Gasteiger partial charge in [0, 0.05) is 25.2 Å². The average Bonchev–Trinajstić information content (AvgIpc) is 3.44. The van der Waals surface area contributed by atoms with Gasteiger partial charge in [-0.15, -0.1) is 0 Å². The molecule has 2 atom stereocenters. The van der Waals surface area contributed by atoms with E-state index in [1.165, 1.54) is 27.8 Å². The smallest absolute Gasteiger partial charge is 0.410 e. The lowest BCUT2D eigenvalue weighted by Crippen LogP contribution is -2.43. The van der Waals surface area contributed by atoms with Crippen molar-refractivity contribution in [3.8, 4) is 11.1 Å². The molecule has 1 amide bonds. The summed E-state index contributed by atoms with van der Waals surface area (Å²) in [7, 11) is 1.94. The second-order valence-electron chi connectivity index (χ2n) is 8.78. The molecule has 2 bridgehead atoms. The Morgan fingerprint density at radius 2 is 1.74 bits per heavy atom. The Kier molecular flexibility index (Phi) is 4.23. The SMILES string of the molecule is Cn1ccc(C2=CC3CCC(C2)N3C(=O)OCC2c3ccccc3-c3ccccc32)n1. The van der Waals surface area contributed by atoms with E-state index in [1.807, 2.05) is 28.9 Å². The van der Waals surface area contributed by atoms with Crippen molar-refractivity contribution in [1.29, 1.82) is 0 Å². The minimum atomic E-state index is -0.189. The predicted octanol–water partition coefficient (Wildman–Crippen LogP) is 4.99. The lowest BCUT2D eigenvalue weighted by molar-refractivity contribution is 0.0866. The molecular weight excluding hydrogens is 386 g/mol. The summed E-state index contributed by atoms with van der Waals surface area (Å²) in [5.74, 6) is 0.0958. The molecule has 31 heavy (non-hydrogen) atoms. The van der Waals surface area contributed by atoms with E-state index in [1.54, 1.807) is 0 Å². The minimum Gasteiger partial charge on any atom is -0.448 e. The van der Waals surface area contributed by atoms with Gasteiger partial charge in [0.2, 0.25) is 0 Å². The molecule has 1 saturated heterocycles. The molecule has 2 aliphatic heterocycles. The van der Waals surface area contributed by atoms with Crippen molar-refractivity contribution in [2.75, 3.05) is 6.61 Å². The minimum absolute atomic E-state index is 0.0958. The van der Waals surface area contributed by atoms with Crippen molar-refractivity contribution < 1.29 is 9.53 Å². The highest BCUT2D eigenvalue weighted by Crippen LogP contribution is 2.45. The lowest BCUT2D eigenvalue weighted by atomic mass is 9.98. The van der Waals surface area contributed by atoms with Gasteiger partial charge >= 0.3 is 6.09 Å². The van der Waals surface area contributed by atoms with Crippen LogP contribution in [-0.2, 0) is 11.8 Å². The first kappa shape index (κ1) is 18.4. The first-order valence-electron chi connectivity index (χ1n) is 11.0. The summed E-state index contributed by atoms with van der Waals surface area (Å²) in [5, 5.41) is 4.55. The molecule has 1 fully saturated rings. The van der Waals surface area contributed by atoms with Crippen LogP contribution in [-0.4, -0.2) is 39.5 Å². The van der Waals surface area contributed by atoms with Gasteiger partial charge in [-0.25, -0.2) is 4.79 Å². The van der Waals surface area contributed by atoms with Crippen LogP contribution in [0.1, 0.15) is 42.0 Å². The summed E-state index contributed by atoms with van der Waals surface area (Å²) in [6.07, 6.45) is 6.85. The van der Waals surface area contributed by atoms with Crippen molar-refractivity contribution in [1.82, 2.24) is 14.7 Å². The van der Waals surface area contributed by atoms with Gasteiger partial charge in [0.1, 0.15) is 6.61 Å². The van der Waals surface area contributed by atoms with Crippen LogP contribution in [0.4, 0.5) is 4.79 Å². The van der Waals surface area contributed by atoms with Crippen molar-refractivity contribution >= 4 is 11.7 Å². The third-order valence-electron chi connectivity index (χ3n) is 6.98. The number of carbonyl (C=O) groups excluding carboxylic acids is 1. The molecule has 3 aromatic rings. The van der Waals surface area contributed by atoms with Gasteiger partial charge in [-0.1, -0.05) is 54.6 Å². The van der Waals surface area contributed by atoms with Crippen molar-refractivity contribution in [3.63, 3.8) is 0 Å². The highest BCUT2D eigenvalue weighted by molar-refractivity contribution is 5.79. The Bertz CT molecular complexity index is 1150. The van der Waals surface area contributed by atoms with Crippen LogP contribution in [0.3, 0.4) is 0 Å². The zero-order valence-electron chi connectivity index (χ0n) is 17.6. The van der Waals surface area contributed by atoms with E-state index in [9.17, 15) is 4.79 Å². The van der Waals surface area contributed by atoms with Crippen molar-refractivity contribution in [3.05, 3.63) is 83.7 Å². The Balaban J connectivity index is 1.20. The largest absolute Gasteiger partial charge is 0.448 e. The molecule has 3 heterocycles. The van der Waals surface area contributed by atoms with Gasteiger partial charge in [-0.3, -0.25) is 9.58 Å². The van der Waals surface area contributed by atoms with Gasteiger partial charge in [0.25, 0.3) is 0 Å². The van der Waals surface area contributed by atoms with E-state index >= 15 is 0 Å². The molecule has 3 aliphatic rings. The number of amides is 1. The molecule has 2 unspecified atom stereocenters. The second-order valence-corrected chi connectivity index (χ2v) is 8.78. The molecule has 0 N–H and O–H groups in total. The molecule has 5 nitrogen and oxygen atoms in total. The lowest BCUT2D eigenvalue weighted by Gasteiger charge is -2.33. The Morgan fingerprint density at radius 3 is 2.39 bits per heavy atom. The topological polar surface area (TPSA) is 47.4 Å². The van der Waals surface area contributed by atoms with E-state index in [2.05, 4.69) is 59.7 Å². The third kappa shape index (κ3) is 2.99. The maximum Gasteiger partial charge on any atom is 0.410 e. The first-order valence-corrected chi connectivity index (χ1v) is 11.0. The monoisotopic (exact) mass is 411 g/mol. The Labute approximate surface area is 181 Å². The van der Waals surface area contributed by atoms with Crippen LogP contribution in [0, 0.1) is 0 Å². The number of nitrogens with zero attached hydrogens (tertiary/aromatic N) is 3. The summed E-state index contributed by atoms with van der Waals surface area (Å²) in [5.41, 5.74) is 7.26. The van der Waals surface area contributed by atoms with Crippen LogP contribution in [0.2, 0.25) is 0 Å². The molecule has 0 radical (unpaired) electrons. The maximum atomic E-state index is 13.1. The van der Waals surface area contributed by atoms with Crippen LogP contribution in [0.15, 0.2) is 66.9 Å². The summed E-state index contributed by atoms with van der Waals surface area (Å²) < 4.78 is 7.77. The molecule has 156 valence electrons. The number of hydrogen-bond donors (Lipinski definition) is 0. The molecule has 1 aromatic heterocycles. The quantitative estimate of drug-likeness (QED) is 0.610. The zero-order chi connectivity index (χ0) is 20.9. The zero-order valence-corrected chi connectivity index (χ0v) is 17.6. The van der Waals surface area contributed by atoms with Gasteiger partial charge in [0.05, 0.1) is 11.7 Å². The highest BCUT2D eigenvalue weighted by Gasteiger charge is 2.41. The van der Waals surface area contributed by atoms with Crippen LogP contribution in [0.25, 0.3) is 16.7 Å². The van der Waals surface area contributed by atoms with Gasteiger partial charge < -0.3 is 4.74 Å². The van der Waals surface area contributed by atoms with Gasteiger partial charge in [0.15, 0.2) is 0 Å². The first-order chi connectivity index (χ1) is 15.2. The summed E-state index contributed by atoms with van der Waals surface area (Å²) in [6, 6.07) is 19.2. The van der Waals surface area contributed by atoms with Crippen molar-refractivity contribution in [2.24, 2.45) is 7.05 Å². The fraction of sp³-hybridized carbons (Fsp3) is 0.308. The third-order valence-corrected chi connectivity index (χ3v) is 6.98. The fourth-order valence-corrected chi connectivity index (χ4v) is 5.56. The number of carbonyl (C=O) groups is 1. The van der Waals surface area contributed by atoms with Gasteiger partial charge in [-0.05, 0) is 53.2 Å². The van der Waals surface area contributed by atoms with Crippen LogP contribution in [0.5, 0.6) is 0 Å². The number of aryl methyl sites for hydroxylation is 1. The summed E-state index contributed by atoms with van der Waals surface area (Å²) >= 11 is 0. The Hall–Kier alpha value is -3.34. The Morgan fingerprint density at radius 1 is 1.03 bits per heavy atom. The molecule has 1 aliphatic carbocycles. The molecular formula is C26H25N3O2. The standard InChI is InChI=1S/C26H25N3O2/c1-28-13-12-25(27-28)17-14-18-10-11-19(15-17)29(18)26(30)31-16-24-22-8-4-2-6-20(22)21-7-3-5-9-23(21)24/h2-9,12-14,18-19,24H,10-11,15-16H2,1H3. The molecule has 2 aromatic carbocycles. The van der Waals surface area contributed by atoms with E-state index in [4.69, 9.17) is 4.74 Å². The fourth-order valence-electron chi connectivity index (χ4n) is 5.56. The van der Waals surface area contributed by atoms with Crippen LogP contribution >= 0.6 is 0 Å². The van der Waals surface area contributed by atoms with Gasteiger partial charge in [-0.2, -0.15) is 5.10 Å². The number of rotatable bonds is 3. The number of ether oxygens (including phenoxy) is 1.